The highest BCUT2D eigenvalue weighted by molar-refractivity contribution is 9.10. The summed E-state index contributed by atoms with van der Waals surface area (Å²) in [5.41, 5.74) is 5.55. The number of rotatable bonds is 3. The van der Waals surface area contributed by atoms with Gasteiger partial charge >= 0.3 is 0 Å². The summed E-state index contributed by atoms with van der Waals surface area (Å²) in [5, 5.41) is 0.601. The normalized spacial score (nSPS) is 12.6. The first-order valence-electron chi connectivity index (χ1n) is 3.93. The van der Waals surface area contributed by atoms with Crippen molar-refractivity contribution in [1.29, 1.82) is 0 Å². The predicted molar refractivity (Wildman–Crippen MR) is 58.3 cm³/mol. The second kappa shape index (κ2) is 4.84. The number of benzene rings is 1. The van der Waals surface area contributed by atoms with Crippen LogP contribution in [0.2, 0.25) is 5.02 Å². The summed E-state index contributed by atoms with van der Waals surface area (Å²) in [6.45, 7) is 2.35. The number of halogens is 2. The van der Waals surface area contributed by atoms with Crippen LogP contribution in [0.25, 0.3) is 0 Å². The van der Waals surface area contributed by atoms with Crippen LogP contribution in [0.1, 0.15) is 6.92 Å². The third kappa shape index (κ3) is 3.55. The summed E-state index contributed by atoms with van der Waals surface area (Å²) in [6.07, 6.45) is 0. The lowest BCUT2D eigenvalue weighted by Crippen LogP contribution is -2.23. The van der Waals surface area contributed by atoms with Gasteiger partial charge in [0.25, 0.3) is 0 Å². The fourth-order valence-corrected chi connectivity index (χ4v) is 1.32. The van der Waals surface area contributed by atoms with E-state index in [0.29, 0.717) is 17.4 Å². The van der Waals surface area contributed by atoms with Gasteiger partial charge in [0.1, 0.15) is 12.4 Å². The Morgan fingerprint density at radius 2 is 2.31 bits per heavy atom. The van der Waals surface area contributed by atoms with Crippen LogP contribution in [0.4, 0.5) is 0 Å². The van der Waals surface area contributed by atoms with E-state index in [0.717, 1.165) is 4.47 Å². The van der Waals surface area contributed by atoms with Gasteiger partial charge in [-0.15, -0.1) is 0 Å². The molecule has 0 saturated carbocycles. The van der Waals surface area contributed by atoms with Crippen molar-refractivity contribution in [2.45, 2.75) is 13.0 Å². The molecule has 72 valence electrons. The van der Waals surface area contributed by atoms with E-state index >= 15 is 0 Å². The van der Waals surface area contributed by atoms with Crippen LogP contribution in [-0.4, -0.2) is 12.6 Å². The third-order valence-corrected chi connectivity index (χ3v) is 2.20. The summed E-state index contributed by atoms with van der Waals surface area (Å²) in [7, 11) is 0. The standard InChI is InChI=1S/C9H11BrClNO/c1-6(12)5-13-9-4-7(10)2-3-8(9)11/h2-4,6H,5,12H2,1H3. The van der Waals surface area contributed by atoms with Crippen LogP contribution in [0.3, 0.4) is 0 Å². The minimum Gasteiger partial charge on any atom is -0.490 e. The summed E-state index contributed by atoms with van der Waals surface area (Å²) < 4.78 is 6.33. The first-order chi connectivity index (χ1) is 6.09. The van der Waals surface area contributed by atoms with Crippen LogP contribution in [0.5, 0.6) is 5.75 Å². The Bertz CT molecular complexity index is 291. The van der Waals surface area contributed by atoms with E-state index in [1.807, 2.05) is 19.1 Å². The summed E-state index contributed by atoms with van der Waals surface area (Å²) in [6, 6.07) is 5.48. The second-order valence-corrected chi connectivity index (χ2v) is 4.19. The van der Waals surface area contributed by atoms with Crippen molar-refractivity contribution in [2.24, 2.45) is 5.73 Å². The van der Waals surface area contributed by atoms with E-state index in [9.17, 15) is 0 Å². The van der Waals surface area contributed by atoms with E-state index < -0.39 is 0 Å². The van der Waals surface area contributed by atoms with Crippen LogP contribution in [0.15, 0.2) is 22.7 Å². The van der Waals surface area contributed by atoms with Gasteiger partial charge in [0, 0.05) is 10.5 Å². The topological polar surface area (TPSA) is 35.2 Å². The maximum atomic E-state index is 5.89. The average Bonchev–Trinajstić information content (AvgIpc) is 2.06. The molecule has 0 aromatic heterocycles. The van der Waals surface area contributed by atoms with Gasteiger partial charge in [0.15, 0.2) is 0 Å². The van der Waals surface area contributed by atoms with Gasteiger partial charge in [-0.3, -0.25) is 0 Å². The van der Waals surface area contributed by atoms with Crippen LogP contribution in [0, 0.1) is 0 Å². The van der Waals surface area contributed by atoms with Crippen molar-refractivity contribution >= 4 is 27.5 Å². The first kappa shape index (κ1) is 10.8. The van der Waals surface area contributed by atoms with Gasteiger partial charge < -0.3 is 10.5 Å². The van der Waals surface area contributed by atoms with Crippen molar-refractivity contribution < 1.29 is 4.74 Å². The monoisotopic (exact) mass is 263 g/mol. The van der Waals surface area contributed by atoms with Gasteiger partial charge in [-0.05, 0) is 25.1 Å². The lowest BCUT2D eigenvalue weighted by atomic mass is 10.3. The molecule has 0 heterocycles. The lowest BCUT2D eigenvalue weighted by Gasteiger charge is -2.10. The molecule has 0 amide bonds. The molecule has 0 aliphatic rings. The molecule has 0 fully saturated rings. The third-order valence-electron chi connectivity index (χ3n) is 1.39. The Hall–Kier alpha value is -0.250. The van der Waals surface area contributed by atoms with Crippen molar-refractivity contribution in [3.63, 3.8) is 0 Å². The van der Waals surface area contributed by atoms with E-state index in [1.165, 1.54) is 0 Å². The van der Waals surface area contributed by atoms with E-state index in [1.54, 1.807) is 6.07 Å². The molecule has 1 unspecified atom stereocenters. The van der Waals surface area contributed by atoms with Gasteiger partial charge in [-0.25, -0.2) is 0 Å². The van der Waals surface area contributed by atoms with E-state index in [-0.39, 0.29) is 6.04 Å². The average molecular weight is 265 g/mol. The largest absolute Gasteiger partial charge is 0.490 e. The Morgan fingerprint density at radius 3 is 2.92 bits per heavy atom. The molecular formula is C9H11BrClNO. The zero-order valence-corrected chi connectivity index (χ0v) is 9.60. The predicted octanol–water partition coefficient (Wildman–Crippen LogP) is 2.83. The maximum Gasteiger partial charge on any atom is 0.139 e. The molecule has 4 heteroatoms. The molecule has 13 heavy (non-hydrogen) atoms. The quantitative estimate of drug-likeness (QED) is 0.911. The van der Waals surface area contributed by atoms with Crippen molar-refractivity contribution in [3.8, 4) is 5.75 Å². The molecule has 0 aliphatic heterocycles. The van der Waals surface area contributed by atoms with Crippen molar-refractivity contribution in [1.82, 2.24) is 0 Å². The van der Waals surface area contributed by atoms with Crippen LogP contribution >= 0.6 is 27.5 Å². The van der Waals surface area contributed by atoms with Crippen molar-refractivity contribution in [2.75, 3.05) is 6.61 Å². The fraction of sp³-hybridized carbons (Fsp3) is 0.333. The summed E-state index contributed by atoms with van der Waals surface area (Å²) >= 11 is 9.23. The molecule has 0 spiro atoms. The zero-order chi connectivity index (χ0) is 9.84. The molecule has 0 saturated heterocycles. The summed E-state index contributed by atoms with van der Waals surface area (Å²) in [4.78, 5) is 0. The lowest BCUT2D eigenvalue weighted by molar-refractivity contribution is 0.296. The Balaban J connectivity index is 2.70. The SMILES string of the molecule is CC(N)COc1cc(Br)ccc1Cl. The maximum absolute atomic E-state index is 5.89. The molecule has 1 aromatic rings. The molecule has 1 rings (SSSR count). The highest BCUT2D eigenvalue weighted by Gasteiger charge is 2.03. The Labute approximate surface area is 91.2 Å². The molecule has 0 aliphatic carbocycles. The number of hydrogen-bond donors (Lipinski definition) is 1. The summed E-state index contributed by atoms with van der Waals surface area (Å²) in [5.74, 6) is 0.661. The fourth-order valence-electron chi connectivity index (χ4n) is 0.809. The first-order valence-corrected chi connectivity index (χ1v) is 5.10. The molecule has 1 atom stereocenters. The number of hydrogen-bond acceptors (Lipinski definition) is 2. The highest BCUT2D eigenvalue weighted by Crippen LogP contribution is 2.27. The van der Waals surface area contributed by atoms with Crippen LogP contribution < -0.4 is 10.5 Å². The zero-order valence-electron chi connectivity index (χ0n) is 7.26. The van der Waals surface area contributed by atoms with Gasteiger partial charge in [0.2, 0.25) is 0 Å². The van der Waals surface area contributed by atoms with Gasteiger partial charge in [-0.1, -0.05) is 27.5 Å². The van der Waals surface area contributed by atoms with Crippen LogP contribution in [-0.2, 0) is 0 Å². The van der Waals surface area contributed by atoms with Crippen molar-refractivity contribution in [3.05, 3.63) is 27.7 Å². The molecule has 0 radical (unpaired) electrons. The van der Waals surface area contributed by atoms with Gasteiger partial charge in [-0.2, -0.15) is 0 Å². The molecular weight excluding hydrogens is 253 g/mol. The molecule has 0 bridgehead atoms. The minimum atomic E-state index is 0.00930. The Kier molecular flexibility index (Phi) is 4.03. The molecule has 1 aromatic carbocycles. The van der Waals surface area contributed by atoms with E-state index in [2.05, 4.69) is 15.9 Å². The minimum absolute atomic E-state index is 0.00930. The molecule has 2 nitrogen and oxygen atoms in total. The number of nitrogens with two attached hydrogens (primary N) is 1. The van der Waals surface area contributed by atoms with Gasteiger partial charge in [0.05, 0.1) is 5.02 Å². The second-order valence-electron chi connectivity index (χ2n) is 2.86. The highest BCUT2D eigenvalue weighted by atomic mass is 79.9. The Morgan fingerprint density at radius 1 is 1.62 bits per heavy atom. The molecule has 2 N–H and O–H groups in total. The van der Waals surface area contributed by atoms with E-state index in [4.69, 9.17) is 22.1 Å². The number of ether oxygens (including phenoxy) is 1. The smallest absolute Gasteiger partial charge is 0.139 e.